The van der Waals surface area contributed by atoms with Gasteiger partial charge in [0.1, 0.15) is 0 Å². The highest BCUT2D eigenvalue weighted by atomic mass is 16.1. The normalized spacial score (nSPS) is 22.1. The summed E-state index contributed by atoms with van der Waals surface area (Å²) >= 11 is 0. The molecule has 0 unspecified atom stereocenters. The number of nitrogens with zero attached hydrogens (tertiary/aromatic N) is 5. The van der Waals surface area contributed by atoms with Crippen molar-refractivity contribution in [3.05, 3.63) is 34.9 Å². The van der Waals surface area contributed by atoms with Crippen LogP contribution in [-0.2, 0) is 0 Å². The van der Waals surface area contributed by atoms with Crippen LogP contribution in [0.25, 0.3) is 10.9 Å². The largest absolute Gasteiger partial charge is 0.369 e. The minimum atomic E-state index is 0.125. The van der Waals surface area contributed by atoms with Crippen molar-refractivity contribution in [2.75, 3.05) is 57.3 Å². The molecular weight excluding hydrogens is 362 g/mol. The Morgan fingerprint density at radius 2 is 1.55 bits per heavy atom. The van der Waals surface area contributed by atoms with E-state index in [9.17, 15) is 4.79 Å². The molecule has 3 fully saturated rings. The maximum atomic E-state index is 12.9. The summed E-state index contributed by atoms with van der Waals surface area (Å²) < 4.78 is 1.87. The van der Waals surface area contributed by atoms with Gasteiger partial charge in [-0.25, -0.2) is 4.98 Å². The Balaban J connectivity index is 1.24. The van der Waals surface area contributed by atoms with E-state index in [0.29, 0.717) is 6.04 Å². The second-order valence-corrected chi connectivity index (χ2v) is 8.97. The van der Waals surface area contributed by atoms with Gasteiger partial charge in [-0.05, 0) is 57.0 Å². The zero-order valence-corrected chi connectivity index (χ0v) is 17.4. The van der Waals surface area contributed by atoms with E-state index in [1.807, 2.05) is 10.6 Å². The molecule has 29 heavy (non-hydrogen) atoms. The van der Waals surface area contributed by atoms with Crippen molar-refractivity contribution in [3.8, 4) is 0 Å². The van der Waals surface area contributed by atoms with Crippen LogP contribution in [0.5, 0.6) is 0 Å². The lowest BCUT2D eigenvalue weighted by molar-refractivity contribution is 0.215. The fourth-order valence-electron chi connectivity index (χ4n) is 5.28. The Bertz CT molecular complexity index is 890. The summed E-state index contributed by atoms with van der Waals surface area (Å²) in [5.74, 6) is 0. The van der Waals surface area contributed by atoms with Crippen molar-refractivity contribution >= 4 is 16.6 Å². The Labute approximate surface area is 173 Å². The average molecular weight is 396 g/mol. The van der Waals surface area contributed by atoms with Crippen molar-refractivity contribution in [1.82, 2.24) is 19.4 Å². The van der Waals surface area contributed by atoms with E-state index in [1.54, 1.807) is 6.33 Å². The van der Waals surface area contributed by atoms with E-state index in [-0.39, 0.29) is 5.56 Å². The van der Waals surface area contributed by atoms with E-state index in [4.69, 9.17) is 0 Å². The molecule has 2 saturated heterocycles. The van der Waals surface area contributed by atoms with Gasteiger partial charge in [0.25, 0.3) is 5.56 Å². The van der Waals surface area contributed by atoms with Crippen LogP contribution in [-0.4, -0.2) is 71.7 Å². The molecule has 156 valence electrons. The Hall–Kier alpha value is -1.92. The molecule has 1 aromatic heterocycles. The lowest BCUT2D eigenvalue weighted by Gasteiger charge is -2.36. The molecule has 1 saturated carbocycles. The zero-order chi connectivity index (χ0) is 19.6. The molecule has 1 aromatic carbocycles. The van der Waals surface area contributed by atoms with Crippen molar-refractivity contribution in [3.63, 3.8) is 0 Å². The topological polar surface area (TPSA) is 44.6 Å². The van der Waals surface area contributed by atoms with Crippen LogP contribution < -0.4 is 10.5 Å². The molecule has 1 aliphatic carbocycles. The van der Waals surface area contributed by atoms with Crippen molar-refractivity contribution in [2.45, 2.75) is 44.6 Å². The zero-order valence-electron chi connectivity index (χ0n) is 17.4. The number of aromatic nitrogens is 2. The van der Waals surface area contributed by atoms with Gasteiger partial charge in [-0.2, -0.15) is 0 Å². The second kappa shape index (κ2) is 8.44. The number of fused-ring (bicyclic) bond motifs is 1. The molecule has 0 radical (unpaired) electrons. The first kappa shape index (κ1) is 19.1. The third-order valence-electron chi connectivity index (χ3n) is 7.15. The van der Waals surface area contributed by atoms with Crippen LogP contribution >= 0.6 is 0 Å². The fourth-order valence-corrected chi connectivity index (χ4v) is 5.28. The molecule has 6 nitrogen and oxygen atoms in total. The molecule has 6 heteroatoms. The molecule has 0 N–H and O–H groups in total. The van der Waals surface area contributed by atoms with Crippen LogP contribution in [0.3, 0.4) is 0 Å². The number of piperazine rings is 1. The average Bonchev–Trinajstić information content (AvgIpc) is 3.47. The number of anilines is 1. The molecule has 0 spiro atoms. The number of benzene rings is 1. The summed E-state index contributed by atoms with van der Waals surface area (Å²) in [5, 5.41) is 0.757. The summed E-state index contributed by atoms with van der Waals surface area (Å²) in [6.07, 6.45) is 9.17. The summed E-state index contributed by atoms with van der Waals surface area (Å²) in [4.78, 5) is 25.2. The molecule has 0 bridgehead atoms. The van der Waals surface area contributed by atoms with Gasteiger partial charge in [-0.15, -0.1) is 0 Å². The molecule has 3 aliphatic rings. The van der Waals surface area contributed by atoms with E-state index < -0.39 is 0 Å². The number of hydrogen-bond donors (Lipinski definition) is 0. The summed E-state index contributed by atoms with van der Waals surface area (Å²) in [6.45, 7) is 9.29. The summed E-state index contributed by atoms with van der Waals surface area (Å²) in [7, 11) is 0. The third kappa shape index (κ3) is 4.05. The van der Waals surface area contributed by atoms with Gasteiger partial charge >= 0.3 is 0 Å². The van der Waals surface area contributed by atoms with Crippen LogP contribution in [0.1, 0.15) is 44.6 Å². The Morgan fingerprint density at radius 3 is 2.28 bits per heavy atom. The molecule has 2 aromatic rings. The number of hydrogen-bond acceptors (Lipinski definition) is 5. The minimum absolute atomic E-state index is 0.125. The van der Waals surface area contributed by atoms with Crippen molar-refractivity contribution < 1.29 is 0 Å². The van der Waals surface area contributed by atoms with Gasteiger partial charge in [0.05, 0.1) is 17.2 Å². The highest BCUT2D eigenvalue weighted by molar-refractivity contribution is 5.81. The number of likely N-dealkylation sites (tertiary alicyclic amines) is 1. The molecule has 0 amide bonds. The van der Waals surface area contributed by atoms with Crippen LogP contribution in [0, 0.1) is 0 Å². The van der Waals surface area contributed by atoms with Gasteiger partial charge in [-0.3, -0.25) is 14.3 Å². The van der Waals surface area contributed by atoms with Crippen LogP contribution in [0.15, 0.2) is 29.3 Å². The minimum Gasteiger partial charge on any atom is -0.369 e. The van der Waals surface area contributed by atoms with E-state index in [1.165, 1.54) is 57.5 Å². The molecule has 5 rings (SSSR count). The van der Waals surface area contributed by atoms with E-state index in [2.05, 4.69) is 31.8 Å². The first-order valence-electron chi connectivity index (χ1n) is 11.5. The summed E-state index contributed by atoms with van der Waals surface area (Å²) in [6, 6.07) is 6.55. The summed E-state index contributed by atoms with van der Waals surface area (Å²) in [5.41, 5.74) is 2.15. The predicted molar refractivity (Wildman–Crippen MR) is 118 cm³/mol. The lowest BCUT2D eigenvalue weighted by atomic mass is 10.1. The van der Waals surface area contributed by atoms with E-state index >= 15 is 0 Å². The van der Waals surface area contributed by atoms with Crippen molar-refractivity contribution in [1.29, 1.82) is 0 Å². The van der Waals surface area contributed by atoms with Gasteiger partial charge in [0, 0.05) is 51.0 Å². The molecule has 3 heterocycles. The number of rotatable bonds is 5. The third-order valence-corrected chi connectivity index (χ3v) is 7.15. The van der Waals surface area contributed by atoms with Gasteiger partial charge in [0.15, 0.2) is 0 Å². The monoisotopic (exact) mass is 395 g/mol. The van der Waals surface area contributed by atoms with Crippen LogP contribution in [0.4, 0.5) is 5.69 Å². The Kier molecular flexibility index (Phi) is 5.55. The van der Waals surface area contributed by atoms with E-state index in [0.717, 1.165) is 49.9 Å². The van der Waals surface area contributed by atoms with Gasteiger partial charge in [-0.1, -0.05) is 12.8 Å². The standard InChI is InChI=1S/C23H33N5O/c29-23-21-8-7-20(17-22(21)24-18-28(23)19-5-1-2-6-19)27-15-13-26(14-16-27)12-11-25-9-3-4-10-25/h7-8,17-19H,1-6,9-16H2. The van der Waals surface area contributed by atoms with Gasteiger partial charge < -0.3 is 9.80 Å². The first-order valence-corrected chi connectivity index (χ1v) is 11.5. The highest BCUT2D eigenvalue weighted by Crippen LogP contribution is 2.28. The maximum Gasteiger partial charge on any atom is 0.261 e. The predicted octanol–water partition coefficient (Wildman–Crippen LogP) is 2.73. The quantitative estimate of drug-likeness (QED) is 0.779. The van der Waals surface area contributed by atoms with Crippen molar-refractivity contribution in [2.24, 2.45) is 0 Å². The maximum absolute atomic E-state index is 12.9. The molecular formula is C23H33N5O. The molecule has 0 atom stereocenters. The highest BCUT2D eigenvalue weighted by Gasteiger charge is 2.21. The fraction of sp³-hybridized carbons (Fsp3) is 0.652. The van der Waals surface area contributed by atoms with Crippen LogP contribution in [0.2, 0.25) is 0 Å². The molecule has 2 aliphatic heterocycles. The second-order valence-electron chi connectivity index (χ2n) is 8.97. The lowest BCUT2D eigenvalue weighted by Crippen LogP contribution is -2.48. The van der Waals surface area contributed by atoms with Gasteiger partial charge in [0.2, 0.25) is 0 Å². The Morgan fingerprint density at radius 1 is 0.862 bits per heavy atom. The smallest absolute Gasteiger partial charge is 0.261 e. The first-order chi connectivity index (χ1) is 14.3. The SMILES string of the molecule is O=c1c2ccc(N3CCN(CCN4CCCC4)CC3)cc2ncn1C1CCCC1.